The first-order valence-electron chi connectivity index (χ1n) is 3.20. The number of carbonyl (C=O) groups excluding carboxylic acids is 1. The zero-order chi connectivity index (χ0) is 7.98. The highest BCUT2D eigenvalue weighted by Crippen LogP contribution is 2.03. The lowest BCUT2D eigenvalue weighted by atomic mass is 10.1. The van der Waals surface area contributed by atoms with Crippen LogP contribution in [0.3, 0.4) is 0 Å². The van der Waals surface area contributed by atoms with E-state index in [9.17, 15) is 4.79 Å². The van der Waals surface area contributed by atoms with Crippen molar-refractivity contribution in [3.05, 3.63) is 0 Å². The van der Waals surface area contributed by atoms with Gasteiger partial charge in [-0.15, -0.1) is 0 Å². The summed E-state index contributed by atoms with van der Waals surface area (Å²) in [5, 5.41) is 9.03. The van der Waals surface area contributed by atoms with Crippen molar-refractivity contribution in [3.8, 4) is 0 Å². The summed E-state index contributed by atoms with van der Waals surface area (Å²) in [7, 11) is 0. The average molecular weight is 211 g/mol. The molecule has 0 aliphatic rings. The molecular weight excluding hydrogens is 200 g/mol. The van der Waals surface area contributed by atoms with Crippen molar-refractivity contribution in [3.63, 3.8) is 0 Å². The molecule has 0 bridgehead atoms. The van der Waals surface area contributed by atoms with E-state index in [4.69, 9.17) is 5.11 Å². The molecule has 0 radical (unpaired) electrons. The highest BCUT2D eigenvalue weighted by molar-refractivity contribution is 9.06. The number of aliphatic hydroxyl groups is 1. The van der Waals surface area contributed by atoms with Crippen LogP contribution in [0.4, 0.5) is 0 Å². The fourth-order valence-electron chi connectivity index (χ4n) is 0.659. The molecule has 1 atom stereocenters. The Kier molecular flexibility index (Phi) is 5.63. The predicted octanol–water partition coefficient (Wildman–Crippen LogP) is 1.39. The van der Waals surface area contributed by atoms with Gasteiger partial charge in [-0.25, -0.2) is 0 Å². The van der Waals surface area contributed by atoms with Gasteiger partial charge in [0.15, 0.2) is 16.3 Å². The molecule has 0 fully saturated rings. The van der Waals surface area contributed by atoms with E-state index in [1.54, 1.807) is 0 Å². The van der Waals surface area contributed by atoms with Crippen LogP contribution in [0.15, 0.2) is 0 Å². The van der Waals surface area contributed by atoms with Gasteiger partial charge in [0.2, 0.25) is 0 Å². The minimum absolute atomic E-state index is 0.0685. The summed E-state index contributed by atoms with van der Waals surface area (Å²) in [4.78, 5) is 10.5. The van der Waals surface area contributed by atoms with E-state index in [0.29, 0.717) is 6.42 Å². The Labute approximate surface area is 68.8 Å². The lowest BCUT2D eigenvalue weighted by Gasteiger charge is -2.04. The third-order valence-electron chi connectivity index (χ3n) is 1.11. The SMILES string of the molecule is CCC[C@H](O)CC(=O)OBr. The van der Waals surface area contributed by atoms with E-state index < -0.39 is 12.1 Å². The Morgan fingerprint density at radius 1 is 1.80 bits per heavy atom. The van der Waals surface area contributed by atoms with Crippen molar-refractivity contribution in [2.24, 2.45) is 0 Å². The first kappa shape index (κ1) is 9.91. The van der Waals surface area contributed by atoms with Crippen LogP contribution in [-0.2, 0) is 8.62 Å². The van der Waals surface area contributed by atoms with Crippen LogP contribution < -0.4 is 0 Å². The summed E-state index contributed by atoms with van der Waals surface area (Å²) < 4.78 is 4.18. The molecule has 0 heterocycles. The van der Waals surface area contributed by atoms with Gasteiger partial charge in [-0.3, -0.25) is 4.79 Å². The summed E-state index contributed by atoms with van der Waals surface area (Å²) in [6.07, 6.45) is 1.02. The third-order valence-corrected chi connectivity index (χ3v) is 1.47. The Morgan fingerprint density at radius 3 is 2.80 bits per heavy atom. The lowest BCUT2D eigenvalue weighted by molar-refractivity contribution is -0.134. The fourth-order valence-corrected chi connectivity index (χ4v) is 0.791. The summed E-state index contributed by atoms with van der Waals surface area (Å²) in [5.74, 6) is -0.430. The number of rotatable bonds is 4. The zero-order valence-corrected chi connectivity index (χ0v) is 7.43. The molecule has 0 amide bonds. The van der Waals surface area contributed by atoms with Crippen molar-refractivity contribution in [2.45, 2.75) is 32.3 Å². The largest absolute Gasteiger partial charge is 0.393 e. The van der Waals surface area contributed by atoms with Crippen molar-refractivity contribution < 1.29 is 13.7 Å². The van der Waals surface area contributed by atoms with Gasteiger partial charge >= 0.3 is 5.97 Å². The second-order valence-electron chi connectivity index (χ2n) is 2.10. The average Bonchev–Trinajstić information content (AvgIpc) is 1.88. The topological polar surface area (TPSA) is 46.5 Å². The normalized spacial score (nSPS) is 12.7. The number of halogens is 1. The van der Waals surface area contributed by atoms with Gasteiger partial charge in [0, 0.05) is 0 Å². The molecule has 0 aromatic carbocycles. The molecule has 0 aliphatic carbocycles. The van der Waals surface area contributed by atoms with Crippen molar-refractivity contribution in [1.29, 1.82) is 0 Å². The standard InChI is InChI=1S/C6H11BrO3/c1-2-3-5(8)4-6(9)10-7/h5,8H,2-4H2,1H3/t5-/m0/s1. The first-order chi connectivity index (χ1) is 4.70. The van der Waals surface area contributed by atoms with Crippen LogP contribution >= 0.6 is 16.3 Å². The van der Waals surface area contributed by atoms with E-state index in [-0.39, 0.29) is 6.42 Å². The van der Waals surface area contributed by atoms with Gasteiger partial charge in [0.05, 0.1) is 12.5 Å². The minimum atomic E-state index is -0.560. The van der Waals surface area contributed by atoms with Gasteiger partial charge in [-0.1, -0.05) is 13.3 Å². The summed E-state index contributed by atoms with van der Waals surface area (Å²) in [6, 6.07) is 0. The minimum Gasteiger partial charge on any atom is -0.393 e. The molecule has 0 saturated heterocycles. The maximum Gasteiger partial charge on any atom is 0.319 e. The fraction of sp³-hybridized carbons (Fsp3) is 0.833. The van der Waals surface area contributed by atoms with Crippen LogP contribution in [0.1, 0.15) is 26.2 Å². The van der Waals surface area contributed by atoms with Crippen molar-refractivity contribution in [1.82, 2.24) is 0 Å². The third kappa shape index (κ3) is 4.76. The molecule has 1 N–H and O–H groups in total. The maximum absolute atomic E-state index is 10.5. The number of aliphatic hydroxyl groups excluding tert-OH is 1. The van der Waals surface area contributed by atoms with Crippen LogP contribution in [0.25, 0.3) is 0 Å². The second kappa shape index (κ2) is 5.68. The van der Waals surface area contributed by atoms with Crippen LogP contribution in [0, 0.1) is 0 Å². The highest BCUT2D eigenvalue weighted by Gasteiger charge is 2.09. The Bertz CT molecular complexity index is 105. The first-order valence-corrected chi connectivity index (χ1v) is 3.85. The molecule has 4 heteroatoms. The summed E-state index contributed by atoms with van der Waals surface area (Å²) >= 11 is 2.53. The van der Waals surface area contributed by atoms with E-state index in [1.807, 2.05) is 6.92 Å². The van der Waals surface area contributed by atoms with Gasteiger partial charge in [0.25, 0.3) is 0 Å². The van der Waals surface area contributed by atoms with Crippen molar-refractivity contribution in [2.75, 3.05) is 0 Å². The molecule has 0 aliphatic heterocycles. The van der Waals surface area contributed by atoms with Gasteiger partial charge in [0.1, 0.15) is 0 Å². The number of hydrogen-bond donors (Lipinski definition) is 1. The molecule has 0 spiro atoms. The van der Waals surface area contributed by atoms with Gasteiger partial charge in [-0.2, -0.15) is 0 Å². The van der Waals surface area contributed by atoms with Crippen LogP contribution in [0.2, 0.25) is 0 Å². The molecule has 0 rings (SSSR count). The predicted molar refractivity (Wildman–Crippen MR) is 40.6 cm³/mol. The van der Waals surface area contributed by atoms with Gasteiger partial charge < -0.3 is 8.93 Å². The molecular formula is C6H11BrO3. The maximum atomic E-state index is 10.5. The van der Waals surface area contributed by atoms with Crippen LogP contribution in [0.5, 0.6) is 0 Å². The second-order valence-corrected chi connectivity index (χ2v) is 2.42. The Morgan fingerprint density at radius 2 is 2.40 bits per heavy atom. The quantitative estimate of drug-likeness (QED) is 0.764. The molecule has 0 aromatic heterocycles. The highest BCUT2D eigenvalue weighted by atomic mass is 79.9. The number of hydrogen-bond acceptors (Lipinski definition) is 3. The molecule has 0 saturated carbocycles. The Hall–Kier alpha value is -0.0900. The molecule has 3 nitrogen and oxygen atoms in total. The van der Waals surface area contributed by atoms with Crippen molar-refractivity contribution >= 4 is 22.2 Å². The van der Waals surface area contributed by atoms with E-state index in [1.165, 1.54) is 0 Å². The molecule has 10 heavy (non-hydrogen) atoms. The summed E-state index contributed by atoms with van der Waals surface area (Å²) in [5.41, 5.74) is 0. The van der Waals surface area contributed by atoms with Crippen LogP contribution in [-0.4, -0.2) is 17.2 Å². The molecule has 0 aromatic rings. The zero-order valence-electron chi connectivity index (χ0n) is 5.84. The molecule has 0 unspecified atom stereocenters. The monoisotopic (exact) mass is 210 g/mol. The van der Waals surface area contributed by atoms with E-state index in [0.717, 1.165) is 6.42 Å². The Balaban J connectivity index is 3.37. The van der Waals surface area contributed by atoms with Gasteiger partial charge in [-0.05, 0) is 6.42 Å². The smallest absolute Gasteiger partial charge is 0.319 e. The number of carbonyl (C=O) groups is 1. The lowest BCUT2D eigenvalue weighted by Crippen LogP contribution is -2.12. The van der Waals surface area contributed by atoms with E-state index in [2.05, 4.69) is 20.1 Å². The summed E-state index contributed by atoms with van der Waals surface area (Å²) in [6.45, 7) is 1.95. The molecule has 60 valence electrons. The van der Waals surface area contributed by atoms with E-state index >= 15 is 0 Å².